The molecule has 1 aromatic heterocycles. The number of hydrogen-bond donors (Lipinski definition) is 5. The number of H-pyrrole nitrogens is 1. The van der Waals surface area contributed by atoms with Crippen molar-refractivity contribution in [2.45, 2.75) is 19.1 Å². The molecule has 8 heteroatoms. The van der Waals surface area contributed by atoms with Crippen LogP contribution >= 0.6 is 0 Å². The molecule has 0 fully saturated rings. The van der Waals surface area contributed by atoms with Gasteiger partial charge >= 0.3 is 12.0 Å². The Bertz CT molecular complexity index is 362. The number of aliphatic hydroxyl groups excluding tert-OH is 1. The largest absolute Gasteiger partial charge is 0.480 e. The first-order valence-corrected chi connectivity index (χ1v) is 4.48. The van der Waals surface area contributed by atoms with Crippen LogP contribution in [0, 0.1) is 0 Å². The van der Waals surface area contributed by atoms with Crippen molar-refractivity contribution in [2.24, 2.45) is 0 Å². The molecule has 8 nitrogen and oxygen atoms in total. The second-order valence-corrected chi connectivity index (χ2v) is 3.14. The van der Waals surface area contributed by atoms with Crippen LogP contribution in [-0.2, 0) is 4.79 Å². The zero-order valence-electron chi connectivity index (χ0n) is 8.47. The van der Waals surface area contributed by atoms with Crippen LogP contribution in [0.15, 0.2) is 12.4 Å². The minimum atomic E-state index is -1.35. The van der Waals surface area contributed by atoms with Crippen LogP contribution in [0.1, 0.15) is 6.92 Å². The molecule has 0 aliphatic rings. The van der Waals surface area contributed by atoms with Gasteiger partial charge in [0.25, 0.3) is 0 Å². The normalized spacial score (nSPS) is 13.9. The van der Waals surface area contributed by atoms with Gasteiger partial charge in [-0.05, 0) is 6.92 Å². The summed E-state index contributed by atoms with van der Waals surface area (Å²) in [5, 5.41) is 28.3. The minimum Gasteiger partial charge on any atom is -0.480 e. The van der Waals surface area contributed by atoms with Crippen LogP contribution < -0.4 is 10.6 Å². The van der Waals surface area contributed by atoms with Gasteiger partial charge < -0.3 is 20.8 Å². The Labute approximate surface area is 90.7 Å². The molecule has 0 saturated carbocycles. The topological polar surface area (TPSA) is 127 Å². The van der Waals surface area contributed by atoms with Crippen LogP contribution in [0.4, 0.5) is 10.5 Å². The van der Waals surface area contributed by atoms with Gasteiger partial charge in [-0.25, -0.2) is 9.59 Å². The van der Waals surface area contributed by atoms with Crippen molar-refractivity contribution in [2.75, 3.05) is 5.32 Å². The second kappa shape index (κ2) is 5.12. The Morgan fingerprint density at radius 1 is 1.56 bits per heavy atom. The predicted molar refractivity (Wildman–Crippen MR) is 53.8 cm³/mol. The minimum absolute atomic E-state index is 0.396. The fraction of sp³-hybridized carbons (Fsp3) is 0.375. The number of aromatic amines is 1. The molecule has 0 saturated heterocycles. The molecule has 88 valence electrons. The first-order valence-electron chi connectivity index (χ1n) is 4.48. The van der Waals surface area contributed by atoms with E-state index in [1.54, 1.807) is 0 Å². The van der Waals surface area contributed by atoms with Gasteiger partial charge in [0, 0.05) is 6.20 Å². The average molecular weight is 228 g/mol. The van der Waals surface area contributed by atoms with Gasteiger partial charge in [0.2, 0.25) is 0 Å². The van der Waals surface area contributed by atoms with E-state index in [2.05, 4.69) is 20.8 Å². The number of amides is 2. The van der Waals surface area contributed by atoms with E-state index in [-0.39, 0.29) is 0 Å². The van der Waals surface area contributed by atoms with Crippen LogP contribution in [0.2, 0.25) is 0 Å². The smallest absolute Gasteiger partial charge is 0.328 e. The lowest BCUT2D eigenvalue weighted by Gasteiger charge is -2.16. The number of rotatable bonds is 4. The number of carbonyl (C=O) groups excluding carboxylic acids is 1. The number of nitrogens with one attached hydrogen (secondary N) is 3. The quantitative estimate of drug-likeness (QED) is 0.468. The zero-order chi connectivity index (χ0) is 12.1. The van der Waals surface area contributed by atoms with Gasteiger partial charge in [0.15, 0.2) is 6.04 Å². The highest BCUT2D eigenvalue weighted by Crippen LogP contribution is 2.01. The van der Waals surface area contributed by atoms with Crippen molar-refractivity contribution in [3.05, 3.63) is 12.4 Å². The number of hydrogen-bond acceptors (Lipinski definition) is 4. The van der Waals surface area contributed by atoms with E-state index >= 15 is 0 Å². The van der Waals surface area contributed by atoms with Crippen molar-refractivity contribution in [1.82, 2.24) is 15.5 Å². The molecule has 5 N–H and O–H groups in total. The maximum atomic E-state index is 11.3. The van der Waals surface area contributed by atoms with E-state index in [0.29, 0.717) is 5.69 Å². The Hall–Kier alpha value is -2.09. The molecule has 0 aromatic carbocycles. The van der Waals surface area contributed by atoms with E-state index in [1.165, 1.54) is 19.3 Å². The summed E-state index contributed by atoms with van der Waals surface area (Å²) in [6, 6.07) is -2.08. The van der Waals surface area contributed by atoms with Gasteiger partial charge in [-0.1, -0.05) is 0 Å². The van der Waals surface area contributed by atoms with Crippen LogP contribution in [0.3, 0.4) is 0 Å². The van der Waals surface area contributed by atoms with Crippen molar-refractivity contribution in [3.63, 3.8) is 0 Å². The molecule has 2 atom stereocenters. The Morgan fingerprint density at radius 2 is 2.25 bits per heavy atom. The van der Waals surface area contributed by atoms with Crippen molar-refractivity contribution in [3.8, 4) is 0 Å². The monoisotopic (exact) mass is 228 g/mol. The number of anilines is 1. The molecule has 16 heavy (non-hydrogen) atoms. The van der Waals surface area contributed by atoms with Crippen LogP contribution in [0.5, 0.6) is 0 Å². The van der Waals surface area contributed by atoms with Crippen molar-refractivity contribution in [1.29, 1.82) is 0 Å². The predicted octanol–water partition coefficient (Wildman–Crippen LogP) is -0.635. The summed E-state index contributed by atoms with van der Waals surface area (Å²) in [7, 11) is 0. The Balaban J connectivity index is 2.52. The first kappa shape index (κ1) is 12.0. The van der Waals surface area contributed by atoms with Gasteiger partial charge in [-0.2, -0.15) is 5.10 Å². The molecular formula is C8H12N4O4. The Kier molecular flexibility index (Phi) is 3.84. The molecule has 0 bridgehead atoms. The fourth-order valence-corrected chi connectivity index (χ4v) is 1.02. The van der Waals surface area contributed by atoms with E-state index in [4.69, 9.17) is 10.2 Å². The number of carboxylic acid groups (broad SMARTS) is 1. The van der Waals surface area contributed by atoms with E-state index in [0.717, 1.165) is 0 Å². The molecule has 0 aliphatic carbocycles. The lowest BCUT2D eigenvalue weighted by molar-refractivity contribution is -0.141. The summed E-state index contributed by atoms with van der Waals surface area (Å²) in [6.45, 7) is 1.27. The molecule has 0 radical (unpaired) electrons. The highest BCUT2D eigenvalue weighted by atomic mass is 16.4. The van der Waals surface area contributed by atoms with Gasteiger partial charge in [-0.15, -0.1) is 0 Å². The molecule has 2 unspecified atom stereocenters. The molecule has 0 aliphatic heterocycles. The molecule has 1 rings (SSSR count). The van der Waals surface area contributed by atoms with Crippen LogP contribution in [0.25, 0.3) is 0 Å². The molecule has 2 amide bonds. The van der Waals surface area contributed by atoms with Gasteiger partial charge in [-0.3, -0.25) is 5.10 Å². The summed E-state index contributed by atoms with van der Waals surface area (Å²) in [4.78, 5) is 21.9. The number of aliphatic hydroxyl groups is 1. The molecule has 1 aromatic rings. The SMILES string of the molecule is CC(O)C(NC(=O)Nc1cn[nH]c1)C(=O)O. The zero-order valence-corrected chi connectivity index (χ0v) is 8.47. The highest BCUT2D eigenvalue weighted by Gasteiger charge is 2.24. The summed E-state index contributed by atoms with van der Waals surface area (Å²) < 4.78 is 0. The van der Waals surface area contributed by atoms with Crippen LogP contribution in [-0.4, -0.2) is 44.6 Å². The molecule has 1 heterocycles. The first-order chi connectivity index (χ1) is 7.50. The van der Waals surface area contributed by atoms with Gasteiger partial charge in [0.05, 0.1) is 18.0 Å². The maximum Gasteiger partial charge on any atom is 0.328 e. The Morgan fingerprint density at radius 3 is 2.69 bits per heavy atom. The second-order valence-electron chi connectivity index (χ2n) is 3.14. The summed E-state index contributed by atoms with van der Waals surface area (Å²) in [5.41, 5.74) is 0.396. The summed E-state index contributed by atoms with van der Waals surface area (Å²) >= 11 is 0. The molecule has 0 spiro atoms. The van der Waals surface area contributed by atoms with E-state index in [1.807, 2.05) is 0 Å². The molecular weight excluding hydrogens is 216 g/mol. The standard InChI is InChI=1S/C8H12N4O4/c1-4(13)6(7(14)15)12-8(16)11-5-2-9-10-3-5/h2-4,6,13H,1H3,(H,9,10)(H,14,15)(H2,11,12,16). The number of nitrogens with zero attached hydrogens (tertiary/aromatic N) is 1. The fourth-order valence-electron chi connectivity index (χ4n) is 1.02. The van der Waals surface area contributed by atoms with E-state index in [9.17, 15) is 9.59 Å². The third kappa shape index (κ3) is 3.24. The maximum absolute atomic E-state index is 11.3. The van der Waals surface area contributed by atoms with E-state index < -0.39 is 24.1 Å². The lowest BCUT2D eigenvalue weighted by Crippen LogP contribution is -2.49. The number of carbonyl (C=O) groups is 2. The number of urea groups is 1. The summed E-state index contributed by atoms with van der Waals surface area (Å²) in [5.74, 6) is -1.31. The van der Waals surface area contributed by atoms with Crippen molar-refractivity contribution < 1.29 is 19.8 Å². The number of aliphatic carboxylic acids is 1. The lowest BCUT2D eigenvalue weighted by atomic mass is 10.2. The van der Waals surface area contributed by atoms with Gasteiger partial charge in [0.1, 0.15) is 0 Å². The average Bonchev–Trinajstić information content (AvgIpc) is 2.65. The van der Waals surface area contributed by atoms with Crippen molar-refractivity contribution >= 4 is 17.7 Å². The number of aromatic nitrogens is 2. The third-order valence-corrected chi connectivity index (χ3v) is 1.79. The highest BCUT2D eigenvalue weighted by molar-refractivity contribution is 5.92. The number of carboxylic acids is 1. The third-order valence-electron chi connectivity index (χ3n) is 1.79. The summed E-state index contributed by atoms with van der Waals surface area (Å²) in [6.07, 6.45) is 1.60.